The fourth-order valence-corrected chi connectivity index (χ4v) is 4.63. The molecule has 4 heterocycles. The molecule has 8 heteroatoms. The van der Waals surface area contributed by atoms with Gasteiger partial charge in [-0.15, -0.1) is 0 Å². The highest BCUT2D eigenvalue weighted by molar-refractivity contribution is 7.20. The Morgan fingerprint density at radius 1 is 1.19 bits per heavy atom. The lowest BCUT2D eigenvalue weighted by molar-refractivity contribution is -0.117. The number of halogens is 1. The Morgan fingerprint density at radius 3 is 3.03 bits per heavy atom. The number of anilines is 1. The van der Waals surface area contributed by atoms with Crippen molar-refractivity contribution in [3.63, 3.8) is 0 Å². The Bertz CT molecular complexity index is 1440. The molecule has 0 spiro atoms. The Kier molecular flexibility index (Phi) is 4.00. The molecular weight excluding hydrogens is 417 g/mol. The summed E-state index contributed by atoms with van der Waals surface area (Å²) in [6, 6.07) is 13.8. The highest BCUT2D eigenvalue weighted by Crippen LogP contribution is 2.35. The quantitative estimate of drug-likeness (QED) is 0.378. The molecule has 0 atom stereocenters. The van der Waals surface area contributed by atoms with Gasteiger partial charge in [-0.1, -0.05) is 11.3 Å². The molecule has 0 fully saturated rings. The van der Waals surface area contributed by atoms with Crippen LogP contribution in [-0.4, -0.2) is 15.9 Å². The molecule has 6 nitrogen and oxygen atoms in total. The second kappa shape index (κ2) is 6.88. The number of pyridine rings is 1. The Hall–Kier alpha value is -3.78. The number of furan rings is 1. The van der Waals surface area contributed by atoms with E-state index in [2.05, 4.69) is 9.97 Å². The smallest absolute Gasteiger partial charge is 0.281 e. The molecule has 0 unspecified atom stereocenters. The molecule has 6 rings (SSSR count). The summed E-state index contributed by atoms with van der Waals surface area (Å²) in [5.74, 6) is 0.212. The van der Waals surface area contributed by atoms with Crippen LogP contribution in [0.1, 0.15) is 11.1 Å². The number of rotatable bonds is 4. The third kappa shape index (κ3) is 3.12. The maximum Gasteiger partial charge on any atom is 0.281 e. The third-order valence-electron chi connectivity index (χ3n) is 5.28. The number of fused-ring (bicyclic) bond motifs is 3. The largest absolute Gasteiger partial charge is 0.464 e. The van der Waals surface area contributed by atoms with E-state index in [9.17, 15) is 9.18 Å². The summed E-state index contributed by atoms with van der Waals surface area (Å²) in [5, 5.41) is 1.40. The summed E-state index contributed by atoms with van der Waals surface area (Å²) in [5.41, 5.74) is 3.62. The van der Waals surface area contributed by atoms with Gasteiger partial charge in [0.05, 0.1) is 23.9 Å². The van der Waals surface area contributed by atoms with Crippen LogP contribution in [0.15, 0.2) is 65.4 Å². The normalized spacial score (nSPS) is 13.3. The van der Waals surface area contributed by atoms with E-state index >= 15 is 0 Å². The van der Waals surface area contributed by atoms with Crippen molar-refractivity contribution in [1.82, 2.24) is 9.97 Å². The summed E-state index contributed by atoms with van der Waals surface area (Å²) >= 11 is 1.42. The van der Waals surface area contributed by atoms with E-state index in [4.69, 9.17) is 9.15 Å². The Balaban J connectivity index is 1.27. The first-order chi connectivity index (χ1) is 15.1. The SMILES string of the molecule is O=C1Cc2cc(F)ccc2N1Cc1coc2cc(Oc3nc4ncccc4s3)ccc12. The van der Waals surface area contributed by atoms with Gasteiger partial charge in [-0.25, -0.2) is 9.37 Å². The van der Waals surface area contributed by atoms with Gasteiger partial charge in [-0.05, 0) is 48.0 Å². The van der Waals surface area contributed by atoms with Gasteiger partial charge >= 0.3 is 0 Å². The average Bonchev–Trinajstić information content (AvgIpc) is 3.43. The van der Waals surface area contributed by atoms with Crippen LogP contribution >= 0.6 is 11.3 Å². The number of thiazole rings is 1. The van der Waals surface area contributed by atoms with Crippen LogP contribution in [0.4, 0.5) is 10.1 Å². The van der Waals surface area contributed by atoms with Crippen molar-refractivity contribution >= 4 is 44.2 Å². The molecule has 1 aliphatic heterocycles. The Morgan fingerprint density at radius 2 is 2.13 bits per heavy atom. The fourth-order valence-electron chi connectivity index (χ4n) is 3.84. The first-order valence-electron chi connectivity index (χ1n) is 9.62. The molecule has 0 bridgehead atoms. The second-order valence-electron chi connectivity index (χ2n) is 7.26. The topological polar surface area (TPSA) is 68.5 Å². The number of ether oxygens (including phenoxy) is 1. The van der Waals surface area contributed by atoms with E-state index in [1.807, 2.05) is 24.3 Å². The van der Waals surface area contributed by atoms with Crippen molar-refractivity contribution in [2.24, 2.45) is 0 Å². The van der Waals surface area contributed by atoms with E-state index in [0.29, 0.717) is 34.3 Å². The minimum absolute atomic E-state index is 0.0562. The summed E-state index contributed by atoms with van der Waals surface area (Å²) in [6.07, 6.45) is 3.55. The van der Waals surface area contributed by atoms with Gasteiger partial charge in [-0.3, -0.25) is 4.79 Å². The van der Waals surface area contributed by atoms with Crippen molar-refractivity contribution < 1.29 is 18.3 Å². The van der Waals surface area contributed by atoms with Gasteiger partial charge in [-0.2, -0.15) is 4.98 Å². The molecule has 31 heavy (non-hydrogen) atoms. The van der Waals surface area contributed by atoms with Gasteiger partial charge < -0.3 is 14.1 Å². The van der Waals surface area contributed by atoms with Crippen LogP contribution in [0.25, 0.3) is 21.3 Å². The first kappa shape index (κ1) is 18.0. The van der Waals surface area contributed by atoms with Gasteiger partial charge in [0.1, 0.15) is 17.1 Å². The number of aromatic nitrogens is 2. The van der Waals surface area contributed by atoms with Crippen molar-refractivity contribution in [3.05, 3.63) is 77.9 Å². The zero-order valence-corrected chi connectivity index (χ0v) is 16.9. The minimum Gasteiger partial charge on any atom is -0.464 e. The summed E-state index contributed by atoms with van der Waals surface area (Å²) in [7, 11) is 0. The van der Waals surface area contributed by atoms with Crippen LogP contribution in [0, 0.1) is 5.82 Å². The molecule has 1 aliphatic rings. The maximum absolute atomic E-state index is 13.5. The number of hydrogen-bond acceptors (Lipinski definition) is 6. The number of carbonyl (C=O) groups is 1. The predicted octanol–water partition coefficient (Wildman–Crippen LogP) is 5.46. The molecular formula is C23H14FN3O3S. The number of benzene rings is 2. The molecule has 1 amide bonds. The lowest BCUT2D eigenvalue weighted by atomic mass is 10.1. The molecule has 0 radical (unpaired) electrons. The third-order valence-corrected chi connectivity index (χ3v) is 6.17. The molecule has 0 aliphatic carbocycles. The van der Waals surface area contributed by atoms with E-state index in [1.165, 1.54) is 23.5 Å². The van der Waals surface area contributed by atoms with E-state index < -0.39 is 0 Å². The highest BCUT2D eigenvalue weighted by atomic mass is 32.1. The fraction of sp³-hybridized carbons (Fsp3) is 0.0870. The number of hydrogen-bond donors (Lipinski definition) is 0. The van der Waals surface area contributed by atoms with E-state index in [1.54, 1.807) is 29.5 Å². The molecule has 5 aromatic rings. The number of nitrogens with zero attached hydrogens (tertiary/aromatic N) is 3. The lowest BCUT2D eigenvalue weighted by Crippen LogP contribution is -2.25. The van der Waals surface area contributed by atoms with Crippen molar-refractivity contribution in [2.75, 3.05) is 4.90 Å². The molecule has 0 saturated carbocycles. The molecule has 152 valence electrons. The lowest BCUT2D eigenvalue weighted by Gasteiger charge is -2.16. The van der Waals surface area contributed by atoms with Crippen LogP contribution < -0.4 is 9.64 Å². The second-order valence-corrected chi connectivity index (χ2v) is 8.25. The zero-order chi connectivity index (χ0) is 20.9. The van der Waals surface area contributed by atoms with E-state index in [-0.39, 0.29) is 18.1 Å². The van der Waals surface area contributed by atoms with Crippen LogP contribution in [0.2, 0.25) is 0 Å². The minimum atomic E-state index is -0.335. The zero-order valence-electron chi connectivity index (χ0n) is 16.0. The van der Waals surface area contributed by atoms with Crippen LogP contribution in [0.5, 0.6) is 10.9 Å². The summed E-state index contributed by atoms with van der Waals surface area (Å²) < 4.78 is 26.1. The molecule has 0 N–H and O–H groups in total. The number of carbonyl (C=O) groups excluding carboxylic acids is 1. The van der Waals surface area contributed by atoms with Gasteiger partial charge in [0, 0.05) is 28.9 Å². The van der Waals surface area contributed by atoms with E-state index in [0.717, 1.165) is 21.3 Å². The summed E-state index contributed by atoms with van der Waals surface area (Å²) in [4.78, 5) is 22.7. The summed E-state index contributed by atoms with van der Waals surface area (Å²) in [6.45, 7) is 0.355. The van der Waals surface area contributed by atoms with Crippen LogP contribution in [-0.2, 0) is 17.8 Å². The van der Waals surface area contributed by atoms with Crippen molar-refractivity contribution in [3.8, 4) is 10.9 Å². The Labute approximate surface area is 179 Å². The number of amides is 1. The molecule has 0 saturated heterocycles. The predicted molar refractivity (Wildman–Crippen MR) is 115 cm³/mol. The van der Waals surface area contributed by atoms with Crippen molar-refractivity contribution in [2.45, 2.75) is 13.0 Å². The molecule has 3 aromatic heterocycles. The average molecular weight is 431 g/mol. The first-order valence-corrected chi connectivity index (χ1v) is 10.4. The van der Waals surface area contributed by atoms with Gasteiger partial charge in [0.15, 0.2) is 5.65 Å². The standard InChI is InChI=1S/C23H14FN3O3S/c24-15-3-6-18-13(8-15)9-21(28)27(18)11-14-12-29-19-10-16(4-5-17(14)19)30-23-26-22-20(31-23)2-1-7-25-22/h1-8,10,12H,9,11H2. The van der Waals surface area contributed by atoms with Gasteiger partial charge in [0.2, 0.25) is 5.91 Å². The van der Waals surface area contributed by atoms with Gasteiger partial charge in [0.25, 0.3) is 5.19 Å². The molecule has 2 aromatic carbocycles. The monoisotopic (exact) mass is 431 g/mol. The van der Waals surface area contributed by atoms with Crippen LogP contribution in [0.3, 0.4) is 0 Å². The maximum atomic E-state index is 13.5. The van der Waals surface area contributed by atoms with Crippen molar-refractivity contribution in [1.29, 1.82) is 0 Å². The highest BCUT2D eigenvalue weighted by Gasteiger charge is 2.28.